The number of carboxylic acids is 1. The van der Waals surface area contributed by atoms with Crippen LogP contribution in [0.15, 0.2) is 12.2 Å². The van der Waals surface area contributed by atoms with Gasteiger partial charge in [-0.2, -0.15) is 0 Å². The Bertz CT molecular complexity index is 367. The van der Waals surface area contributed by atoms with Crippen molar-refractivity contribution in [1.82, 2.24) is 0 Å². The normalized spacial score (nSPS) is 27.1. The van der Waals surface area contributed by atoms with Gasteiger partial charge in [-0.1, -0.05) is 57.6 Å². The fraction of sp³-hybridized carbons (Fsp3) is 0.850. The van der Waals surface area contributed by atoms with Gasteiger partial charge >= 0.3 is 5.97 Å². The van der Waals surface area contributed by atoms with Crippen LogP contribution in [-0.4, -0.2) is 33.5 Å². The van der Waals surface area contributed by atoms with E-state index in [1.54, 1.807) is 0 Å². The van der Waals surface area contributed by atoms with Crippen LogP contribution in [0, 0.1) is 11.8 Å². The highest BCUT2D eigenvalue weighted by Gasteiger charge is 2.40. The summed E-state index contributed by atoms with van der Waals surface area (Å²) in [6.45, 7) is 2.22. The largest absolute Gasteiger partial charge is 0.481 e. The molecule has 3 N–H and O–H groups in total. The smallest absolute Gasteiger partial charge is 0.303 e. The number of carboxylic acid groups (broad SMARTS) is 1. The van der Waals surface area contributed by atoms with Gasteiger partial charge in [0.1, 0.15) is 0 Å². The van der Waals surface area contributed by atoms with E-state index in [0.717, 1.165) is 25.7 Å². The van der Waals surface area contributed by atoms with Crippen LogP contribution in [0.1, 0.15) is 84.0 Å². The molecule has 1 fully saturated rings. The van der Waals surface area contributed by atoms with Crippen molar-refractivity contribution >= 4 is 5.97 Å². The molecule has 140 valence electrons. The van der Waals surface area contributed by atoms with Crippen molar-refractivity contribution < 1.29 is 20.1 Å². The summed E-state index contributed by atoms with van der Waals surface area (Å²) in [4.78, 5) is 10.5. The summed E-state index contributed by atoms with van der Waals surface area (Å²) >= 11 is 0. The van der Waals surface area contributed by atoms with Crippen LogP contribution in [0.4, 0.5) is 0 Å². The van der Waals surface area contributed by atoms with Gasteiger partial charge in [0.2, 0.25) is 0 Å². The molecule has 0 radical (unpaired) electrons. The van der Waals surface area contributed by atoms with Crippen molar-refractivity contribution in [2.24, 2.45) is 11.8 Å². The van der Waals surface area contributed by atoms with Crippen molar-refractivity contribution in [3.63, 3.8) is 0 Å². The van der Waals surface area contributed by atoms with E-state index in [9.17, 15) is 15.0 Å². The highest BCUT2D eigenvalue weighted by molar-refractivity contribution is 5.66. The van der Waals surface area contributed by atoms with E-state index in [2.05, 4.69) is 13.0 Å². The highest BCUT2D eigenvalue weighted by atomic mass is 16.4. The van der Waals surface area contributed by atoms with Crippen molar-refractivity contribution in [3.05, 3.63) is 12.2 Å². The van der Waals surface area contributed by atoms with Gasteiger partial charge in [0.25, 0.3) is 0 Å². The van der Waals surface area contributed by atoms with Crippen molar-refractivity contribution in [3.8, 4) is 0 Å². The molecule has 0 aromatic carbocycles. The number of aliphatic hydroxyl groups is 2. The highest BCUT2D eigenvalue weighted by Crippen LogP contribution is 2.38. The molecule has 4 heteroatoms. The maximum atomic E-state index is 10.5. The maximum absolute atomic E-state index is 10.5. The Morgan fingerprint density at radius 3 is 2.33 bits per heavy atom. The fourth-order valence-electron chi connectivity index (χ4n) is 3.81. The Hall–Kier alpha value is -0.870. The Balaban J connectivity index is 2.28. The molecule has 0 saturated heterocycles. The summed E-state index contributed by atoms with van der Waals surface area (Å²) in [6.07, 6.45) is 14.7. The summed E-state index contributed by atoms with van der Waals surface area (Å²) in [5.74, 6) is -0.405. The standard InChI is InChI=1S/C20H36O4/c1-2-3-4-5-6-9-12-16-17(19(22)15-18(16)21)13-10-7-8-11-14-20(23)24/h7,10,16-19,21-22H,2-6,8-9,11-15H2,1H3,(H,23,24)/b10-7-/t16-,17-,18-,19+/m1/s1. The second-order valence-electron chi connectivity index (χ2n) is 7.25. The number of aliphatic hydroxyl groups excluding tert-OH is 2. The summed E-state index contributed by atoms with van der Waals surface area (Å²) in [7, 11) is 0. The van der Waals surface area contributed by atoms with Gasteiger partial charge in [-0.05, 0) is 43.9 Å². The van der Waals surface area contributed by atoms with Crippen LogP contribution in [0.25, 0.3) is 0 Å². The van der Waals surface area contributed by atoms with E-state index in [0.29, 0.717) is 12.8 Å². The fourth-order valence-corrected chi connectivity index (χ4v) is 3.81. The molecule has 0 heterocycles. The molecule has 0 amide bonds. The second kappa shape index (κ2) is 12.5. The summed E-state index contributed by atoms with van der Waals surface area (Å²) in [5.41, 5.74) is 0. The molecule has 0 aliphatic heterocycles. The predicted octanol–water partition coefficient (Wildman–Crippen LogP) is 4.30. The minimum absolute atomic E-state index is 0.145. The molecular weight excluding hydrogens is 304 g/mol. The Labute approximate surface area is 147 Å². The molecule has 0 bridgehead atoms. The lowest BCUT2D eigenvalue weighted by molar-refractivity contribution is -0.137. The van der Waals surface area contributed by atoms with E-state index >= 15 is 0 Å². The lowest BCUT2D eigenvalue weighted by Gasteiger charge is -2.22. The van der Waals surface area contributed by atoms with Gasteiger partial charge in [-0.25, -0.2) is 0 Å². The molecular formula is C20H36O4. The van der Waals surface area contributed by atoms with Gasteiger partial charge in [-0.3, -0.25) is 4.79 Å². The molecule has 0 unspecified atom stereocenters. The zero-order valence-electron chi connectivity index (χ0n) is 15.2. The monoisotopic (exact) mass is 340 g/mol. The molecule has 4 nitrogen and oxygen atoms in total. The molecule has 4 atom stereocenters. The average molecular weight is 341 g/mol. The van der Waals surface area contributed by atoms with E-state index < -0.39 is 12.1 Å². The quantitative estimate of drug-likeness (QED) is 0.345. The molecule has 24 heavy (non-hydrogen) atoms. The Morgan fingerprint density at radius 2 is 1.62 bits per heavy atom. The molecule has 0 aromatic rings. The van der Waals surface area contributed by atoms with E-state index in [1.807, 2.05) is 6.08 Å². The third-order valence-corrected chi connectivity index (χ3v) is 5.25. The van der Waals surface area contributed by atoms with Gasteiger partial charge in [0, 0.05) is 6.42 Å². The number of allylic oxidation sites excluding steroid dienone is 2. The Morgan fingerprint density at radius 1 is 0.958 bits per heavy atom. The average Bonchev–Trinajstić information content (AvgIpc) is 2.80. The van der Waals surface area contributed by atoms with E-state index in [-0.39, 0.29) is 24.4 Å². The summed E-state index contributed by atoms with van der Waals surface area (Å²) < 4.78 is 0. The molecule has 1 rings (SSSR count). The number of aliphatic carboxylic acids is 1. The second-order valence-corrected chi connectivity index (χ2v) is 7.25. The van der Waals surface area contributed by atoms with E-state index in [1.165, 1.54) is 32.1 Å². The first-order valence-corrected chi connectivity index (χ1v) is 9.79. The number of hydrogen-bond acceptors (Lipinski definition) is 3. The molecule has 0 spiro atoms. The SMILES string of the molecule is CCCCCCCC[C@@H]1[C@@H](C/C=C\CCCC(=O)O)[C@@H](O)C[C@H]1O. The van der Waals surface area contributed by atoms with Crippen molar-refractivity contribution in [2.45, 2.75) is 96.2 Å². The Kier molecular flexibility index (Phi) is 11.0. The van der Waals surface area contributed by atoms with Crippen LogP contribution < -0.4 is 0 Å². The minimum atomic E-state index is -0.753. The van der Waals surface area contributed by atoms with E-state index in [4.69, 9.17) is 5.11 Å². The minimum Gasteiger partial charge on any atom is -0.481 e. The lowest BCUT2D eigenvalue weighted by Crippen LogP contribution is -2.21. The van der Waals surface area contributed by atoms with Crippen molar-refractivity contribution in [2.75, 3.05) is 0 Å². The van der Waals surface area contributed by atoms with Gasteiger partial charge in [-0.15, -0.1) is 0 Å². The van der Waals surface area contributed by atoms with Crippen molar-refractivity contribution in [1.29, 1.82) is 0 Å². The zero-order valence-corrected chi connectivity index (χ0v) is 15.2. The first-order chi connectivity index (χ1) is 11.6. The van der Waals surface area contributed by atoms with Crippen LogP contribution in [-0.2, 0) is 4.79 Å². The third-order valence-electron chi connectivity index (χ3n) is 5.25. The first-order valence-electron chi connectivity index (χ1n) is 9.79. The van der Waals surface area contributed by atoms with Crippen LogP contribution >= 0.6 is 0 Å². The number of rotatable bonds is 13. The summed E-state index contributed by atoms with van der Waals surface area (Å²) in [5, 5.41) is 29.0. The molecule has 1 aliphatic carbocycles. The van der Waals surface area contributed by atoms with Gasteiger partial charge in [0.15, 0.2) is 0 Å². The maximum Gasteiger partial charge on any atom is 0.303 e. The first kappa shape index (κ1) is 21.2. The molecule has 1 saturated carbocycles. The van der Waals surface area contributed by atoms with Crippen LogP contribution in [0.3, 0.4) is 0 Å². The third kappa shape index (κ3) is 8.29. The topological polar surface area (TPSA) is 77.8 Å². The lowest BCUT2D eigenvalue weighted by atomic mass is 9.86. The molecule has 1 aliphatic rings. The zero-order chi connectivity index (χ0) is 17.8. The number of hydrogen-bond donors (Lipinski definition) is 3. The number of carbonyl (C=O) groups is 1. The predicted molar refractivity (Wildman–Crippen MR) is 96.8 cm³/mol. The number of unbranched alkanes of at least 4 members (excludes halogenated alkanes) is 6. The van der Waals surface area contributed by atoms with Crippen LogP contribution in [0.5, 0.6) is 0 Å². The van der Waals surface area contributed by atoms with Gasteiger partial charge < -0.3 is 15.3 Å². The van der Waals surface area contributed by atoms with Gasteiger partial charge in [0.05, 0.1) is 12.2 Å². The summed E-state index contributed by atoms with van der Waals surface area (Å²) in [6, 6.07) is 0. The molecule has 0 aromatic heterocycles. The van der Waals surface area contributed by atoms with Crippen LogP contribution in [0.2, 0.25) is 0 Å².